The topological polar surface area (TPSA) is 68.1 Å². The quantitative estimate of drug-likeness (QED) is 0.831. The molecule has 3 N–H and O–H groups in total. The zero-order chi connectivity index (χ0) is 14.0. The molecule has 1 heterocycles. The number of benzene rings is 1. The average molecular weight is 258 g/mol. The number of nitrogens with one attached hydrogen (secondary N) is 1. The third kappa shape index (κ3) is 2.62. The van der Waals surface area contributed by atoms with Crippen LogP contribution in [0.5, 0.6) is 0 Å². The summed E-state index contributed by atoms with van der Waals surface area (Å²) in [4.78, 5) is 14.5. The lowest BCUT2D eigenvalue weighted by Crippen LogP contribution is -2.02. The number of aromatic nitrogens is 1. The summed E-state index contributed by atoms with van der Waals surface area (Å²) in [5.74, 6) is 0.391. The average Bonchev–Trinajstić information content (AvgIpc) is 2.80. The lowest BCUT2D eigenvalue weighted by atomic mass is 10.0. The molecule has 0 saturated carbocycles. The first-order valence-corrected chi connectivity index (χ1v) is 6.20. The summed E-state index contributed by atoms with van der Waals surface area (Å²) in [5.41, 5.74) is 9.22. The molecule has 0 saturated heterocycles. The Morgan fingerprint density at radius 3 is 2.42 bits per heavy atom. The van der Waals surface area contributed by atoms with Gasteiger partial charge in [-0.1, -0.05) is 38.1 Å². The molecule has 0 radical (unpaired) electrons. The third-order valence-electron chi connectivity index (χ3n) is 3.14. The number of nitrogen functional groups attached to an aromatic ring is 1. The van der Waals surface area contributed by atoms with Crippen LogP contribution >= 0.6 is 0 Å². The summed E-state index contributed by atoms with van der Waals surface area (Å²) in [6, 6.07) is 9.90. The van der Waals surface area contributed by atoms with Gasteiger partial charge in [-0.2, -0.15) is 0 Å². The number of methoxy groups -OCH3 is 1. The van der Waals surface area contributed by atoms with Crippen LogP contribution in [0.1, 0.15) is 35.7 Å². The molecule has 2 rings (SSSR count). The number of rotatable bonds is 3. The second-order valence-electron chi connectivity index (χ2n) is 4.78. The number of hydrogen-bond donors (Lipinski definition) is 2. The van der Waals surface area contributed by atoms with Gasteiger partial charge in [-0.05, 0) is 23.1 Å². The van der Waals surface area contributed by atoms with E-state index in [4.69, 9.17) is 5.73 Å². The number of carbonyl (C=O) groups is 1. The van der Waals surface area contributed by atoms with Crippen LogP contribution in [0.3, 0.4) is 0 Å². The molecule has 0 spiro atoms. The van der Waals surface area contributed by atoms with Crippen LogP contribution in [0, 0.1) is 0 Å². The highest BCUT2D eigenvalue weighted by Crippen LogP contribution is 2.25. The van der Waals surface area contributed by atoms with Gasteiger partial charge in [0.05, 0.1) is 7.11 Å². The molecule has 0 aliphatic heterocycles. The summed E-state index contributed by atoms with van der Waals surface area (Å²) < 4.78 is 4.68. The zero-order valence-corrected chi connectivity index (χ0v) is 11.4. The zero-order valence-electron chi connectivity index (χ0n) is 11.4. The monoisotopic (exact) mass is 258 g/mol. The normalized spacial score (nSPS) is 10.7. The van der Waals surface area contributed by atoms with Crippen molar-refractivity contribution in [2.45, 2.75) is 19.8 Å². The van der Waals surface area contributed by atoms with Crippen molar-refractivity contribution in [3.63, 3.8) is 0 Å². The van der Waals surface area contributed by atoms with Crippen molar-refractivity contribution in [2.24, 2.45) is 0 Å². The number of nitrogens with two attached hydrogens (primary N) is 1. The Balaban J connectivity index is 2.34. The fourth-order valence-electron chi connectivity index (χ4n) is 1.95. The molecule has 1 aromatic heterocycles. The molecule has 100 valence electrons. The van der Waals surface area contributed by atoms with E-state index >= 15 is 0 Å². The Morgan fingerprint density at radius 1 is 1.26 bits per heavy atom. The van der Waals surface area contributed by atoms with E-state index in [0.29, 0.717) is 17.3 Å². The first kappa shape index (κ1) is 13.2. The molecule has 0 amide bonds. The van der Waals surface area contributed by atoms with Crippen LogP contribution in [0.25, 0.3) is 11.3 Å². The smallest absolute Gasteiger partial charge is 0.341 e. The molecular weight excluding hydrogens is 240 g/mol. The number of ether oxygens (including phenoxy) is 1. The molecule has 0 fully saturated rings. The second kappa shape index (κ2) is 5.18. The number of anilines is 1. The minimum atomic E-state index is -0.432. The lowest BCUT2D eigenvalue weighted by molar-refractivity contribution is 0.0602. The van der Waals surface area contributed by atoms with Crippen LogP contribution in [0.15, 0.2) is 30.3 Å². The molecule has 4 heteroatoms. The standard InChI is InChI=1S/C15H18N2O2/c1-9(2)10-4-6-11(7-5-10)13-8-12(14(16)17-13)15(18)19-3/h4-9,17H,16H2,1-3H3. The number of carbonyl (C=O) groups excluding carboxylic acids is 1. The molecule has 0 unspecified atom stereocenters. The van der Waals surface area contributed by atoms with E-state index in [-0.39, 0.29) is 0 Å². The van der Waals surface area contributed by atoms with Crippen molar-refractivity contribution in [1.29, 1.82) is 0 Å². The summed E-state index contributed by atoms with van der Waals surface area (Å²) in [6.45, 7) is 4.30. The molecule has 2 aromatic rings. The van der Waals surface area contributed by atoms with Crippen molar-refractivity contribution in [3.05, 3.63) is 41.5 Å². The molecule has 0 aliphatic rings. The van der Waals surface area contributed by atoms with Crippen LogP contribution in [-0.4, -0.2) is 18.1 Å². The van der Waals surface area contributed by atoms with Gasteiger partial charge in [0.2, 0.25) is 0 Å². The first-order chi connectivity index (χ1) is 9.02. The molecule has 19 heavy (non-hydrogen) atoms. The Kier molecular flexibility index (Phi) is 3.60. The van der Waals surface area contributed by atoms with E-state index in [0.717, 1.165) is 11.3 Å². The predicted octanol–water partition coefficient (Wildman–Crippen LogP) is 3.17. The predicted molar refractivity (Wildman–Crippen MR) is 76.1 cm³/mol. The minimum Gasteiger partial charge on any atom is -0.465 e. The summed E-state index contributed by atoms with van der Waals surface area (Å²) >= 11 is 0. The van der Waals surface area contributed by atoms with Crippen molar-refractivity contribution in [2.75, 3.05) is 12.8 Å². The highest BCUT2D eigenvalue weighted by molar-refractivity contribution is 5.96. The van der Waals surface area contributed by atoms with Gasteiger partial charge in [0.1, 0.15) is 11.4 Å². The summed E-state index contributed by atoms with van der Waals surface area (Å²) in [5, 5.41) is 0. The van der Waals surface area contributed by atoms with E-state index in [1.807, 2.05) is 12.1 Å². The maximum atomic E-state index is 11.5. The molecule has 0 atom stereocenters. The maximum absolute atomic E-state index is 11.5. The Bertz CT molecular complexity index is 583. The van der Waals surface area contributed by atoms with Crippen LogP contribution in [-0.2, 0) is 4.74 Å². The highest BCUT2D eigenvalue weighted by atomic mass is 16.5. The van der Waals surface area contributed by atoms with Gasteiger partial charge in [-0.3, -0.25) is 0 Å². The van der Waals surface area contributed by atoms with Crippen molar-refractivity contribution in [1.82, 2.24) is 4.98 Å². The van der Waals surface area contributed by atoms with E-state index in [1.54, 1.807) is 6.07 Å². The van der Waals surface area contributed by atoms with E-state index in [2.05, 4.69) is 35.7 Å². The molecule has 0 aliphatic carbocycles. The van der Waals surface area contributed by atoms with Crippen molar-refractivity contribution in [3.8, 4) is 11.3 Å². The number of H-pyrrole nitrogens is 1. The Labute approximate surface area is 112 Å². The number of aromatic amines is 1. The Hall–Kier alpha value is -2.23. The van der Waals surface area contributed by atoms with Gasteiger partial charge in [0.25, 0.3) is 0 Å². The van der Waals surface area contributed by atoms with Crippen molar-refractivity contribution >= 4 is 11.8 Å². The van der Waals surface area contributed by atoms with Gasteiger partial charge in [0.15, 0.2) is 0 Å². The van der Waals surface area contributed by atoms with Gasteiger partial charge >= 0.3 is 5.97 Å². The number of hydrogen-bond acceptors (Lipinski definition) is 3. The molecule has 4 nitrogen and oxygen atoms in total. The van der Waals surface area contributed by atoms with E-state index < -0.39 is 5.97 Å². The summed E-state index contributed by atoms with van der Waals surface area (Å²) in [6.07, 6.45) is 0. The first-order valence-electron chi connectivity index (χ1n) is 6.20. The fourth-order valence-corrected chi connectivity index (χ4v) is 1.95. The third-order valence-corrected chi connectivity index (χ3v) is 3.14. The fraction of sp³-hybridized carbons (Fsp3) is 0.267. The largest absolute Gasteiger partial charge is 0.465 e. The van der Waals surface area contributed by atoms with Crippen LogP contribution in [0.4, 0.5) is 5.82 Å². The summed E-state index contributed by atoms with van der Waals surface area (Å²) in [7, 11) is 1.34. The molecule has 0 bridgehead atoms. The highest BCUT2D eigenvalue weighted by Gasteiger charge is 2.14. The van der Waals surface area contributed by atoms with Gasteiger partial charge < -0.3 is 15.5 Å². The van der Waals surface area contributed by atoms with Gasteiger partial charge in [-0.15, -0.1) is 0 Å². The van der Waals surface area contributed by atoms with Crippen molar-refractivity contribution < 1.29 is 9.53 Å². The van der Waals surface area contributed by atoms with Crippen LogP contribution in [0.2, 0.25) is 0 Å². The minimum absolute atomic E-state index is 0.329. The van der Waals surface area contributed by atoms with E-state index in [9.17, 15) is 4.79 Å². The van der Waals surface area contributed by atoms with Gasteiger partial charge in [0, 0.05) is 5.69 Å². The second-order valence-corrected chi connectivity index (χ2v) is 4.78. The lowest BCUT2D eigenvalue weighted by Gasteiger charge is -2.05. The molecular formula is C15H18N2O2. The SMILES string of the molecule is COC(=O)c1cc(-c2ccc(C(C)C)cc2)[nH]c1N. The maximum Gasteiger partial charge on any atom is 0.341 e. The van der Waals surface area contributed by atoms with E-state index in [1.165, 1.54) is 12.7 Å². The van der Waals surface area contributed by atoms with Crippen LogP contribution < -0.4 is 5.73 Å². The number of esters is 1. The Morgan fingerprint density at radius 2 is 1.89 bits per heavy atom. The van der Waals surface area contributed by atoms with Gasteiger partial charge in [-0.25, -0.2) is 4.79 Å². The molecule has 1 aromatic carbocycles.